The fourth-order valence-corrected chi connectivity index (χ4v) is 4.58. The number of halogens is 1. The van der Waals surface area contributed by atoms with Crippen LogP contribution in [0, 0.1) is 0 Å². The van der Waals surface area contributed by atoms with E-state index >= 15 is 0 Å². The first-order valence-corrected chi connectivity index (χ1v) is 12.5. The Kier molecular flexibility index (Phi) is 12.6. The van der Waals surface area contributed by atoms with Gasteiger partial charge in [-0.2, -0.15) is 0 Å². The van der Waals surface area contributed by atoms with Gasteiger partial charge in [-0.05, 0) is 64.3 Å². The number of aliphatic imine (C=N–C) groups is 1. The topological polar surface area (TPSA) is 55.4 Å². The third-order valence-corrected chi connectivity index (χ3v) is 6.66. The fraction of sp³-hybridized carbons (Fsp3) is 0.720. The number of nitrogens with one attached hydrogen (secondary N) is 2. The summed E-state index contributed by atoms with van der Waals surface area (Å²) in [7, 11) is 1.71. The quantitative estimate of drug-likeness (QED) is 0.205. The van der Waals surface area contributed by atoms with Crippen molar-refractivity contribution in [3.8, 4) is 5.75 Å². The van der Waals surface area contributed by atoms with Crippen LogP contribution in [0.1, 0.15) is 40.0 Å². The number of piperidine rings is 1. The van der Waals surface area contributed by atoms with Crippen molar-refractivity contribution in [2.24, 2.45) is 4.99 Å². The minimum absolute atomic E-state index is 0. The van der Waals surface area contributed by atoms with Gasteiger partial charge in [-0.25, -0.2) is 0 Å². The number of nitrogens with zero attached hydrogens (tertiary/aromatic N) is 4. The van der Waals surface area contributed by atoms with Crippen molar-refractivity contribution < 1.29 is 4.74 Å². The lowest BCUT2D eigenvalue weighted by Crippen LogP contribution is -2.50. The Hall–Kier alpha value is -1.26. The summed E-state index contributed by atoms with van der Waals surface area (Å²) < 4.78 is 5.27. The molecule has 7 nitrogen and oxygen atoms in total. The van der Waals surface area contributed by atoms with E-state index in [-0.39, 0.29) is 24.0 Å². The lowest BCUT2D eigenvalue weighted by molar-refractivity contribution is 0.167. The molecular formula is C25H45IN6O. The highest BCUT2D eigenvalue weighted by Gasteiger charge is 2.21. The zero-order valence-electron chi connectivity index (χ0n) is 21.1. The fourth-order valence-electron chi connectivity index (χ4n) is 4.58. The number of piperazine rings is 1. The SMILES string of the molecule is CCNC(=NCCCN1CCN(c2ccc(OC)cc2)CC1)NC1CCN(C(C)C)CC1.I. The highest BCUT2D eigenvalue weighted by molar-refractivity contribution is 14.0. The van der Waals surface area contributed by atoms with E-state index in [1.54, 1.807) is 7.11 Å². The average Bonchev–Trinajstić information content (AvgIpc) is 2.83. The monoisotopic (exact) mass is 572 g/mol. The number of hydrogen-bond acceptors (Lipinski definition) is 5. The third-order valence-electron chi connectivity index (χ3n) is 6.66. The van der Waals surface area contributed by atoms with Gasteiger partial charge in [0.15, 0.2) is 5.96 Å². The number of hydrogen-bond donors (Lipinski definition) is 2. The molecule has 33 heavy (non-hydrogen) atoms. The summed E-state index contributed by atoms with van der Waals surface area (Å²) in [5, 5.41) is 7.10. The molecule has 0 bridgehead atoms. The normalized spacial score (nSPS) is 18.8. The number of anilines is 1. The predicted octanol–water partition coefficient (Wildman–Crippen LogP) is 3.25. The van der Waals surface area contributed by atoms with Gasteiger partial charge in [0.05, 0.1) is 7.11 Å². The van der Waals surface area contributed by atoms with Gasteiger partial charge < -0.3 is 25.2 Å². The summed E-state index contributed by atoms with van der Waals surface area (Å²) in [4.78, 5) is 12.5. The Morgan fingerprint density at radius 2 is 1.73 bits per heavy atom. The second-order valence-electron chi connectivity index (χ2n) is 9.19. The number of methoxy groups -OCH3 is 1. The summed E-state index contributed by atoms with van der Waals surface area (Å²) in [6.07, 6.45) is 3.49. The van der Waals surface area contributed by atoms with Gasteiger partial charge in [0, 0.05) is 76.7 Å². The van der Waals surface area contributed by atoms with Crippen molar-refractivity contribution in [1.82, 2.24) is 20.4 Å². The molecule has 0 amide bonds. The maximum Gasteiger partial charge on any atom is 0.191 e. The van der Waals surface area contributed by atoms with Crippen LogP contribution in [0.2, 0.25) is 0 Å². The molecule has 0 aromatic heterocycles. The van der Waals surface area contributed by atoms with Crippen molar-refractivity contribution in [1.29, 1.82) is 0 Å². The summed E-state index contributed by atoms with van der Waals surface area (Å²) in [5.74, 6) is 1.90. The molecule has 0 aliphatic carbocycles. The van der Waals surface area contributed by atoms with Crippen LogP contribution in [0.4, 0.5) is 5.69 Å². The van der Waals surface area contributed by atoms with E-state index in [0.717, 1.165) is 63.9 Å². The van der Waals surface area contributed by atoms with Crippen LogP contribution < -0.4 is 20.3 Å². The molecule has 2 N–H and O–H groups in total. The largest absolute Gasteiger partial charge is 0.497 e. The van der Waals surface area contributed by atoms with E-state index in [0.29, 0.717) is 12.1 Å². The van der Waals surface area contributed by atoms with Gasteiger partial charge >= 0.3 is 0 Å². The second-order valence-corrected chi connectivity index (χ2v) is 9.19. The number of guanidine groups is 1. The Labute approximate surface area is 218 Å². The smallest absolute Gasteiger partial charge is 0.191 e. The van der Waals surface area contributed by atoms with Crippen LogP contribution in [0.15, 0.2) is 29.3 Å². The summed E-state index contributed by atoms with van der Waals surface area (Å²) >= 11 is 0. The number of ether oxygens (including phenoxy) is 1. The highest BCUT2D eigenvalue weighted by Crippen LogP contribution is 2.20. The summed E-state index contributed by atoms with van der Waals surface area (Å²) in [6.45, 7) is 16.4. The molecule has 3 rings (SSSR count). The van der Waals surface area contributed by atoms with Crippen LogP contribution in [-0.4, -0.2) is 93.9 Å². The molecule has 1 aromatic rings. The molecule has 0 unspecified atom stereocenters. The third kappa shape index (κ3) is 9.13. The second kappa shape index (κ2) is 14.9. The number of benzene rings is 1. The zero-order chi connectivity index (χ0) is 22.8. The van der Waals surface area contributed by atoms with Crippen molar-refractivity contribution in [3.63, 3.8) is 0 Å². The van der Waals surface area contributed by atoms with Crippen LogP contribution in [0.25, 0.3) is 0 Å². The summed E-state index contributed by atoms with van der Waals surface area (Å²) in [6, 6.07) is 9.59. The van der Waals surface area contributed by atoms with Crippen molar-refractivity contribution in [2.75, 3.05) is 70.9 Å². The van der Waals surface area contributed by atoms with Gasteiger partial charge in [0.1, 0.15) is 5.75 Å². The minimum atomic E-state index is 0. The maximum atomic E-state index is 5.27. The number of likely N-dealkylation sites (tertiary alicyclic amines) is 1. The average molecular weight is 573 g/mol. The van der Waals surface area contributed by atoms with Gasteiger partial charge in [0.25, 0.3) is 0 Å². The molecule has 0 atom stereocenters. The van der Waals surface area contributed by atoms with E-state index < -0.39 is 0 Å². The standard InChI is InChI=1S/C25H44N6O.HI/c1-5-26-25(28-22-11-15-30(16-12-22)21(2)3)27-13-6-14-29-17-19-31(20-18-29)23-7-9-24(32-4)10-8-23;/h7-10,21-22H,5-6,11-20H2,1-4H3,(H2,26,27,28);1H. The molecule has 1 aromatic carbocycles. The molecule has 2 aliphatic heterocycles. The molecule has 0 radical (unpaired) electrons. The van der Waals surface area contributed by atoms with E-state index in [1.165, 1.54) is 31.6 Å². The molecule has 188 valence electrons. The van der Waals surface area contributed by atoms with Crippen LogP contribution >= 0.6 is 24.0 Å². The van der Waals surface area contributed by atoms with Crippen LogP contribution in [0.5, 0.6) is 5.75 Å². The first-order valence-electron chi connectivity index (χ1n) is 12.5. The van der Waals surface area contributed by atoms with Gasteiger partial charge in [0.2, 0.25) is 0 Å². The molecule has 2 aliphatic rings. The van der Waals surface area contributed by atoms with E-state index in [4.69, 9.17) is 9.73 Å². The Bertz CT molecular complexity index is 683. The van der Waals surface area contributed by atoms with E-state index in [2.05, 4.69) is 58.2 Å². The van der Waals surface area contributed by atoms with Gasteiger partial charge in [-0.1, -0.05) is 0 Å². The Balaban J connectivity index is 0.00000385. The molecule has 0 spiro atoms. The molecule has 2 heterocycles. The molecule has 2 fully saturated rings. The Morgan fingerprint density at radius 1 is 1.06 bits per heavy atom. The first-order chi connectivity index (χ1) is 15.6. The Morgan fingerprint density at radius 3 is 2.30 bits per heavy atom. The van der Waals surface area contributed by atoms with Crippen molar-refractivity contribution >= 4 is 35.6 Å². The van der Waals surface area contributed by atoms with Gasteiger partial charge in [-0.15, -0.1) is 24.0 Å². The van der Waals surface area contributed by atoms with Crippen LogP contribution in [-0.2, 0) is 0 Å². The highest BCUT2D eigenvalue weighted by atomic mass is 127. The molecular weight excluding hydrogens is 527 g/mol. The maximum absolute atomic E-state index is 5.27. The molecule has 8 heteroatoms. The lowest BCUT2D eigenvalue weighted by atomic mass is 10.0. The van der Waals surface area contributed by atoms with E-state index in [1.807, 2.05) is 12.1 Å². The van der Waals surface area contributed by atoms with Crippen molar-refractivity contribution in [3.05, 3.63) is 24.3 Å². The zero-order valence-corrected chi connectivity index (χ0v) is 23.4. The predicted molar refractivity (Wildman–Crippen MR) is 151 cm³/mol. The molecule has 0 saturated carbocycles. The molecule has 2 saturated heterocycles. The van der Waals surface area contributed by atoms with Crippen LogP contribution in [0.3, 0.4) is 0 Å². The van der Waals surface area contributed by atoms with Gasteiger partial charge in [-0.3, -0.25) is 9.89 Å². The lowest BCUT2D eigenvalue weighted by Gasteiger charge is -2.36. The summed E-state index contributed by atoms with van der Waals surface area (Å²) in [5.41, 5.74) is 1.29. The minimum Gasteiger partial charge on any atom is -0.497 e. The van der Waals surface area contributed by atoms with E-state index in [9.17, 15) is 0 Å². The van der Waals surface area contributed by atoms with Crippen molar-refractivity contribution in [2.45, 2.75) is 52.1 Å². The number of rotatable bonds is 9. The first kappa shape index (κ1) is 28.0.